The van der Waals surface area contributed by atoms with Crippen LogP contribution in [0.3, 0.4) is 0 Å². The van der Waals surface area contributed by atoms with Crippen molar-refractivity contribution in [3.8, 4) is 0 Å². The van der Waals surface area contributed by atoms with Gasteiger partial charge in [0, 0.05) is 25.7 Å². The molecule has 106 heavy (non-hydrogen) atoms. The fraction of sp³-hybridized carbons (Fsp3) is 0.609. The van der Waals surface area contributed by atoms with Crippen molar-refractivity contribution in [3.63, 3.8) is 0 Å². The van der Waals surface area contributed by atoms with Crippen LogP contribution in [0.1, 0.15) is 285 Å². The number of allylic oxidation sites excluding steroid dienone is 30. The fourth-order valence-electron chi connectivity index (χ4n) is 9.92. The zero-order chi connectivity index (χ0) is 77.4. The Kier molecular flexibility index (Phi) is 73.1. The van der Waals surface area contributed by atoms with Crippen molar-refractivity contribution in [2.45, 2.75) is 303 Å². The first-order chi connectivity index (χ1) is 51.7. The van der Waals surface area contributed by atoms with Gasteiger partial charge in [-0.25, -0.2) is 9.13 Å². The number of phosphoric acid groups is 2. The van der Waals surface area contributed by atoms with Gasteiger partial charge in [-0.15, -0.1) is 0 Å². The van der Waals surface area contributed by atoms with E-state index in [9.17, 15) is 43.2 Å². The molecule has 0 bridgehead atoms. The van der Waals surface area contributed by atoms with Crippen LogP contribution in [-0.4, -0.2) is 96.7 Å². The van der Waals surface area contributed by atoms with Crippen LogP contribution < -0.4 is 0 Å². The predicted octanol–water partition coefficient (Wildman–Crippen LogP) is 23.6. The lowest BCUT2D eigenvalue weighted by atomic mass is 10.0. The Morgan fingerprint density at radius 3 is 0.840 bits per heavy atom. The molecule has 5 unspecified atom stereocenters. The van der Waals surface area contributed by atoms with Gasteiger partial charge < -0.3 is 33.8 Å². The molecular formula is C87H140O17P2. The second kappa shape index (κ2) is 77.3. The second-order valence-electron chi connectivity index (χ2n) is 25.9. The van der Waals surface area contributed by atoms with E-state index in [2.05, 4.69) is 180 Å². The zero-order valence-electron chi connectivity index (χ0n) is 65.5. The van der Waals surface area contributed by atoms with Crippen LogP contribution >= 0.6 is 15.6 Å². The largest absolute Gasteiger partial charge is 0.472 e. The topological polar surface area (TPSA) is 237 Å². The van der Waals surface area contributed by atoms with Gasteiger partial charge in [-0.3, -0.25) is 37.3 Å². The van der Waals surface area contributed by atoms with E-state index in [4.69, 9.17) is 37.0 Å². The Bertz CT molecular complexity index is 2730. The van der Waals surface area contributed by atoms with Crippen LogP contribution in [0.2, 0.25) is 0 Å². The number of aliphatic hydroxyl groups excluding tert-OH is 1. The lowest BCUT2D eigenvalue weighted by molar-refractivity contribution is -0.161. The summed E-state index contributed by atoms with van der Waals surface area (Å²) in [4.78, 5) is 73.0. The summed E-state index contributed by atoms with van der Waals surface area (Å²) in [5, 5.41) is 10.6. The van der Waals surface area contributed by atoms with Crippen molar-refractivity contribution in [1.82, 2.24) is 0 Å². The van der Waals surface area contributed by atoms with Crippen molar-refractivity contribution >= 4 is 39.5 Å². The van der Waals surface area contributed by atoms with E-state index in [1.165, 1.54) is 64.2 Å². The summed E-state index contributed by atoms with van der Waals surface area (Å²) < 4.78 is 68.4. The van der Waals surface area contributed by atoms with Crippen LogP contribution in [0.15, 0.2) is 182 Å². The Morgan fingerprint density at radius 1 is 0.274 bits per heavy atom. The lowest BCUT2D eigenvalue weighted by Gasteiger charge is -2.21. The molecule has 0 aliphatic heterocycles. The molecule has 0 saturated carbocycles. The average Bonchev–Trinajstić information content (AvgIpc) is 0.909. The van der Waals surface area contributed by atoms with E-state index in [1.807, 2.05) is 30.4 Å². The van der Waals surface area contributed by atoms with Gasteiger partial charge in [-0.2, -0.15) is 0 Å². The number of hydrogen-bond acceptors (Lipinski definition) is 15. The normalized spacial score (nSPS) is 14.8. The van der Waals surface area contributed by atoms with Crippen LogP contribution in [-0.2, 0) is 65.4 Å². The molecule has 17 nitrogen and oxygen atoms in total. The van der Waals surface area contributed by atoms with Gasteiger partial charge in [0.25, 0.3) is 0 Å². The molecule has 600 valence electrons. The molecule has 0 amide bonds. The predicted molar refractivity (Wildman–Crippen MR) is 436 cm³/mol. The Morgan fingerprint density at radius 2 is 0.519 bits per heavy atom. The minimum Gasteiger partial charge on any atom is -0.462 e. The molecule has 0 aliphatic rings. The van der Waals surface area contributed by atoms with E-state index in [0.29, 0.717) is 44.9 Å². The molecule has 0 aromatic rings. The number of phosphoric ester groups is 2. The first-order valence-electron chi connectivity index (χ1n) is 40.0. The molecule has 0 heterocycles. The molecule has 5 atom stereocenters. The molecule has 0 radical (unpaired) electrons. The highest BCUT2D eigenvalue weighted by Gasteiger charge is 2.30. The summed E-state index contributed by atoms with van der Waals surface area (Å²) in [5.41, 5.74) is 0. The van der Waals surface area contributed by atoms with Crippen molar-refractivity contribution < 1.29 is 80.2 Å². The average molecular weight is 1520 g/mol. The molecule has 0 rings (SSSR count). The first kappa shape index (κ1) is 100. The molecule has 19 heteroatoms. The quantitative estimate of drug-likeness (QED) is 0.0169. The summed E-state index contributed by atoms with van der Waals surface area (Å²) in [6, 6.07) is 0. The van der Waals surface area contributed by atoms with Gasteiger partial charge in [-0.05, 0) is 141 Å². The molecule has 0 spiro atoms. The van der Waals surface area contributed by atoms with Crippen LogP contribution in [0.25, 0.3) is 0 Å². The van der Waals surface area contributed by atoms with E-state index >= 15 is 0 Å². The molecule has 3 N–H and O–H groups in total. The number of carbonyl (C=O) groups excluding carboxylic acids is 4. The summed E-state index contributed by atoms with van der Waals surface area (Å²) >= 11 is 0. The lowest BCUT2D eigenvalue weighted by Crippen LogP contribution is -2.30. The summed E-state index contributed by atoms with van der Waals surface area (Å²) in [7, 11) is -10.0. The molecule has 0 aliphatic carbocycles. The summed E-state index contributed by atoms with van der Waals surface area (Å²) in [6.07, 6.45) is 93.3. The van der Waals surface area contributed by atoms with Crippen LogP contribution in [0.5, 0.6) is 0 Å². The van der Waals surface area contributed by atoms with Gasteiger partial charge in [0.1, 0.15) is 19.3 Å². The van der Waals surface area contributed by atoms with E-state index in [-0.39, 0.29) is 25.7 Å². The number of ether oxygens (including phenoxy) is 4. The molecule has 0 fully saturated rings. The minimum atomic E-state index is -5.01. The highest BCUT2D eigenvalue weighted by Crippen LogP contribution is 2.45. The van der Waals surface area contributed by atoms with Crippen LogP contribution in [0.4, 0.5) is 0 Å². The highest BCUT2D eigenvalue weighted by atomic mass is 31.2. The van der Waals surface area contributed by atoms with E-state index in [0.717, 1.165) is 122 Å². The van der Waals surface area contributed by atoms with Crippen molar-refractivity contribution in [2.75, 3.05) is 39.6 Å². The smallest absolute Gasteiger partial charge is 0.462 e. The maximum absolute atomic E-state index is 13.1. The van der Waals surface area contributed by atoms with E-state index in [1.54, 1.807) is 0 Å². The van der Waals surface area contributed by atoms with Gasteiger partial charge in [0.15, 0.2) is 12.2 Å². The third-order valence-corrected chi connectivity index (χ3v) is 17.8. The Hall–Kier alpha value is -5.84. The zero-order valence-corrected chi connectivity index (χ0v) is 67.3. The van der Waals surface area contributed by atoms with Crippen molar-refractivity contribution in [2.24, 2.45) is 0 Å². The van der Waals surface area contributed by atoms with Crippen LogP contribution in [0, 0.1) is 0 Å². The third-order valence-electron chi connectivity index (χ3n) is 15.9. The van der Waals surface area contributed by atoms with Crippen molar-refractivity contribution in [1.29, 1.82) is 0 Å². The van der Waals surface area contributed by atoms with Gasteiger partial charge in [0.05, 0.1) is 26.4 Å². The highest BCUT2D eigenvalue weighted by molar-refractivity contribution is 7.47. The maximum atomic E-state index is 13.1. The van der Waals surface area contributed by atoms with Crippen molar-refractivity contribution in [3.05, 3.63) is 182 Å². The molecule has 0 aromatic heterocycles. The first-order valence-corrected chi connectivity index (χ1v) is 43.0. The summed E-state index contributed by atoms with van der Waals surface area (Å²) in [5.74, 6) is -2.40. The minimum absolute atomic E-state index is 0.0221. The number of rotatable bonds is 73. The fourth-order valence-corrected chi connectivity index (χ4v) is 11.5. The number of unbranched alkanes of at least 4 members (excludes halogenated alkanes) is 17. The number of hydrogen-bond donors (Lipinski definition) is 3. The SMILES string of the molecule is CC/C=C\C/C=C\C/C=C\C/C=C\C/C=C\C/C=C\CCC(=O)OCC(COP(=O)(O)OCC(O)COP(=O)(O)OCC(COC(=O)CCC/C=C\C/C=C\C/C=C\C/C=C\C/C=C\CC)OC(=O)CCCC/C=C\C/C=C\C/C=C\C/C=C\CC)OC(=O)CCCCCCCCCCCCCCCCC. The number of aliphatic hydroxyl groups is 1. The van der Waals surface area contributed by atoms with Gasteiger partial charge >= 0.3 is 39.5 Å². The summed E-state index contributed by atoms with van der Waals surface area (Å²) in [6.45, 7) is 4.32. The monoisotopic (exact) mass is 1520 g/mol. The van der Waals surface area contributed by atoms with Gasteiger partial charge in [-0.1, -0.05) is 300 Å². The Balaban J connectivity index is 5.52. The number of esters is 4. The molecular weight excluding hydrogens is 1380 g/mol. The number of carbonyl (C=O) groups is 4. The standard InChI is InChI=1S/C87H140O17P2/c1-5-9-13-17-21-25-29-33-37-39-40-42-46-48-52-56-60-64-68-72-85(90)98-78-83(104-87(92)74-70-66-62-58-54-50-44-36-32-28-24-20-16-12-8-4)80-102-106(95,96)100-76-81(88)75-99-105(93,94)101-79-82(103-86(91)73-69-65-61-57-53-49-43-35-31-27-23-19-15-11-7-3)77-97-84(89)71-67-63-59-55-51-47-45-41-38-34-30-26-22-18-14-10-6-2/h9-11,13-15,21-23,25-27,33-35,37-38,40,42-43,45,47-48,52-53,55,57,59-60,64,81-83,88H,5-8,12,16-20,24,28-32,36,39,41,44,46,49-51,54,56,58,61-63,65-80H2,1-4H3,(H,93,94)(H,95,96)/b13-9-,14-10-,15-11-,25-21-,26-22-,27-23-,37-33-,38-34-,42-40-,43-35-,47-45-,52-48-,57-53-,59-55-,64-60-. The van der Waals surface area contributed by atoms with E-state index < -0.39 is 97.5 Å². The molecule has 0 saturated heterocycles. The second-order valence-corrected chi connectivity index (χ2v) is 28.8. The molecule has 0 aromatic carbocycles. The maximum Gasteiger partial charge on any atom is 0.472 e. The van der Waals surface area contributed by atoms with Gasteiger partial charge in [0.2, 0.25) is 0 Å². The third kappa shape index (κ3) is 76.4. The Labute approximate surface area is 641 Å².